The fraction of sp³-hybridized carbons (Fsp3) is 0.394. The Kier molecular flexibility index (Phi) is 11.2. The molecule has 3 aromatic rings. The van der Waals surface area contributed by atoms with Crippen LogP contribution in [-0.4, -0.2) is 61.8 Å². The number of nitrogens with one attached hydrogen (secondary N) is 2. The van der Waals surface area contributed by atoms with Gasteiger partial charge in [0.1, 0.15) is 17.1 Å². The Balaban J connectivity index is 0.00000506. The van der Waals surface area contributed by atoms with Crippen LogP contribution in [0.1, 0.15) is 55.5 Å². The molecule has 8 N–H and O–H groups in total. The maximum absolute atomic E-state index is 13.8. The summed E-state index contributed by atoms with van der Waals surface area (Å²) >= 11 is 0. The van der Waals surface area contributed by atoms with Gasteiger partial charge in [-0.1, -0.05) is 48.5 Å². The third kappa shape index (κ3) is 9.44. The fourth-order valence-corrected chi connectivity index (χ4v) is 5.30. The molecule has 2 amide bonds. The van der Waals surface area contributed by atoms with Gasteiger partial charge >= 0.3 is 6.09 Å². The molecule has 1 aliphatic rings. The lowest BCUT2D eigenvalue weighted by Gasteiger charge is -2.29. The van der Waals surface area contributed by atoms with Crippen molar-refractivity contribution < 1.29 is 40.2 Å². The first-order valence-electron chi connectivity index (χ1n) is 14.2. The Morgan fingerprint density at radius 1 is 0.907 bits per heavy atom. The molecule has 0 bridgehead atoms. The van der Waals surface area contributed by atoms with Crippen molar-refractivity contribution in [2.75, 3.05) is 0 Å². The molecule has 3 aromatic carbocycles. The summed E-state index contributed by atoms with van der Waals surface area (Å²) in [7, 11) is 0. The number of alkyl carbamates (subject to hydrolysis) is 1. The highest BCUT2D eigenvalue weighted by molar-refractivity contribution is 5.80. The first-order valence-corrected chi connectivity index (χ1v) is 14.2. The summed E-state index contributed by atoms with van der Waals surface area (Å²) in [5.74, 6) is -0.881. The highest BCUT2D eigenvalue weighted by atomic mass is 16.6. The lowest BCUT2D eigenvalue weighted by atomic mass is 9.88. The number of fused-ring (bicyclic) bond motifs is 1. The lowest BCUT2D eigenvalue weighted by Crippen LogP contribution is -2.48. The minimum Gasteiger partial charge on any atom is -0.508 e. The molecule has 0 fully saturated rings. The topological polar surface area (TPSA) is 180 Å². The van der Waals surface area contributed by atoms with Crippen LogP contribution in [0.5, 0.6) is 11.5 Å². The van der Waals surface area contributed by atoms with E-state index in [2.05, 4.69) is 10.6 Å². The number of hydrogen-bond donors (Lipinski definition) is 6. The number of phenolic OH excluding ortho intramolecular Hbond substituents is 2. The number of hydrogen-bond acceptors (Lipinski definition) is 7. The van der Waals surface area contributed by atoms with Gasteiger partial charge in [0.2, 0.25) is 5.91 Å². The van der Waals surface area contributed by atoms with Gasteiger partial charge < -0.3 is 41.3 Å². The molecule has 232 valence electrons. The summed E-state index contributed by atoms with van der Waals surface area (Å²) in [4.78, 5) is 26.5. The first kappa shape index (κ1) is 33.4. The number of aromatic hydroxyl groups is 2. The number of carbonyl (C=O) groups excluding carboxylic acids is 2. The average molecular weight is 595 g/mol. The molecule has 43 heavy (non-hydrogen) atoms. The van der Waals surface area contributed by atoms with Crippen molar-refractivity contribution in [2.45, 2.75) is 76.3 Å². The number of phenols is 2. The second kappa shape index (κ2) is 14.4. The largest absolute Gasteiger partial charge is 0.508 e. The fourth-order valence-electron chi connectivity index (χ4n) is 5.30. The van der Waals surface area contributed by atoms with Crippen molar-refractivity contribution >= 4 is 12.0 Å². The first-order chi connectivity index (χ1) is 19.9. The van der Waals surface area contributed by atoms with Crippen LogP contribution >= 0.6 is 0 Å². The van der Waals surface area contributed by atoms with Gasteiger partial charge in [-0.3, -0.25) is 4.79 Å². The summed E-state index contributed by atoms with van der Waals surface area (Å²) < 4.78 is 5.44. The molecule has 0 saturated carbocycles. The van der Waals surface area contributed by atoms with Crippen LogP contribution in [-0.2, 0) is 28.8 Å². The summed E-state index contributed by atoms with van der Waals surface area (Å²) in [5.41, 5.74) is 2.62. The second-order valence-electron chi connectivity index (χ2n) is 12.0. The van der Waals surface area contributed by atoms with Crippen molar-refractivity contribution in [1.29, 1.82) is 0 Å². The number of rotatable bonds is 10. The molecule has 0 spiro atoms. The maximum Gasteiger partial charge on any atom is 0.407 e. The molecule has 0 aromatic heterocycles. The van der Waals surface area contributed by atoms with Crippen LogP contribution in [0.25, 0.3) is 0 Å². The van der Waals surface area contributed by atoms with Gasteiger partial charge in [-0.2, -0.15) is 0 Å². The second-order valence-corrected chi connectivity index (χ2v) is 12.0. The summed E-state index contributed by atoms with van der Waals surface area (Å²) in [5, 5.41) is 47.4. The van der Waals surface area contributed by atoms with E-state index in [1.54, 1.807) is 45.0 Å². The van der Waals surface area contributed by atoms with Crippen LogP contribution < -0.4 is 10.6 Å². The third-order valence-corrected chi connectivity index (χ3v) is 7.38. The SMILES string of the molecule is CC(C)(C)OC(=O)N[C@H](Cc1ccc(O)cc1)[C@H](O)C[C@@H](Cc1ccc(O)cc1)C(=O)N[C@@H]1c2ccccc2C[C@@H]1O.O. The van der Waals surface area contributed by atoms with Gasteiger partial charge in [-0.15, -0.1) is 0 Å². The van der Waals surface area contributed by atoms with E-state index in [-0.39, 0.29) is 42.1 Å². The van der Waals surface area contributed by atoms with Crippen LogP contribution in [0, 0.1) is 5.92 Å². The highest BCUT2D eigenvalue weighted by Gasteiger charge is 2.35. The zero-order valence-electron chi connectivity index (χ0n) is 24.7. The Morgan fingerprint density at radius 3 is 2.05 bits per heavy atom. The summed E-state index contributed by atoms with van der Waals surface area (Å²) in [6.45, 7) is 5.23. The maximum atomic E-state index is 13.8. The molecule has 0 heterocycles. The number of carbonyl (C=O) groups is 2. The molecule has 10 heteroatoms. The minimum atomic E-state index is -1.15. The van der Waals surface area contributed by atoms with Gasteiger partial charge in [0.15, 0.2) is 0 Å². The number of aliphatic hydroxyl groups excluding tert-OH is 2. The van der Waals surface area contributed by atoms with E-state index < -0.39 is 41.9 Å². The Labute approximate surface area is 251 Å². The molecular weight excluding hydrogens is 552 g/mol. The van der Waals surface area contributed by atoms with Gasteiger partial charge in [0, 0.05) is 12.3 Å². The van der Waals surface area contributed by atoms with E-state index >= 15 is 0 Å². The quantitative estimate of drug-likeness (QED) is 0.209. The van der Waals surface area contributed by atoms with E-state index in [0.29, 0.717) is 6.42 Å². The van der Waals surface area contributed by atoms with Gasteiger partial charge in [-0.05, 0) is 86.6 Å². The van der Waals surface area contributed by atoms with Crippen molar-refractivity contribution in [2.24, 2.45) is 5.92 Å². The van der Waals surface area contributed by atoms with E-state index in [1.165, 1.54) is 24.3 Å². The van der Waals surface area contributed by atoms with Gasteiger partial charge in [0.25, 0.3) is 0 Å². The Hall–Kier alpha value is -4.12. The van der Waals surface area contributed by atoms with Crippen LogP contribution in [0.15, 0.2) is 72.8 Å². The normalized spacial score (nSPS) is 18.0. The summed E-state index contributed by atoms with van der Waals surface area (Å²) in [6, 6.07) is 19.1. The van der Waals surface area contributed by atoms with E-state index in [0.717, 1.165) is 22.3 Å². The molecule has 10 nitrogen and oxygen atoms in total. The van der Waals surface area contributed by atoms with Gasteiger partial charge in [-0.25, -0.2) is 4.79 Å². The standard InChI is InChI=1S/C33H40N2O7.H2O/c1-33(2,3)42-32(41)34-27(17-21-10-14-25(37)15-11-21)28(38)19-23(16-20-8-12-24(36)13-9-20)31(40)35-30-26-7-5-4-6-22(26)18-29(30)39;/h4-15,23,27-30,36-39H,16-19H2,1-3H3,(H,34,41)(H,35,40);1H2/t23-,27-,28-,29+,30-;/m1./s1. The molecular formula is C33H42N2O8. The zero-order chi connectivity index (χ0) is 30.4. The minimum absolute atomic E-state index is 0. The van der Waals surface area contributed by atoms with E-state index in [9.17, 15) is 30.0 Å². The molecule has 1 aliphatic carbocycles. The Morgan fingerprint density at radius 2 is 1.47 bits per heavy atom. The molecule has 4 rings (SSSR count). The third-order valence-electron chi connectivity index (χ3n) is 7.38. The predicted molar refractivity (Wildman–Crippen MR) is 162 cm³/mol. The number of aliphatic hydroxyl groups is 2. The molecule has 0 saturated heterocycles. The molecule has 0 unspecified atom stereocenters. The number of ether oxygens (including phenoxy) is 1. The monoisotopic (exact) mass is 594 g/mol. The van der Waals surface area contributed by atoms with Crippen molar-refractivity contribution in [3.63, 3.8) is 0 Å². The smallest absolute Gasteiger partial charge is 0.407 e. The summed E-state index contributed by atoms with van der Waals surface area (Å²) in [6.07, 6.45) is -1.72. The number of amides is 2. The van der Waals surface area contributed by atoms with Crippen molar-refractivity contribution in [1.82, 2.24) is 10.6 Å². The van der Waals surface area contributed by atoms with Crippen LogP contribution in [0.3, 0.4) is 0 Å². The van der Waals surface area contributed by atoms with Crippen LogP contribution in [0.4, 0.5) is 4.79 Å². The van der Waals surface area contributed by atoms with E-state index in [4.69, 9.17) is 4.74 Å². The predicted octanol–water partition coefficient (Wildman–Crippen LogP) is 3.09. The van der Waals surface area contributed by atoms with Crippen molar-refractivity contribution in [3.8, 4) is 11.5 Å². The van der Waals surface area contributed by atoms with Gasteiger partial charge in [0.05, 0.1) is 24.3 Å². The molecule has 0 aliphatic heterocycles. The zero-order valence-corrected chi connectivity index (χ0v) is 24.7. The molecule has 5 atom stereocenters. The lowest BCUT2D eigenvalue weighted by molar-refractivity contribution is -0.127. The average Bonchev–Trinajstić information content (AvgIpc) is 3.23. The van der Waals surface area contributed by atoms with E-state index in [1.807, 2.05) is 24.3 Å². The van der Waals surface area contributed by atoms with Crippen molar-refractivity contribution in [3.05, 3.63) is 95.1 Å². The number of benzene rings is 3. The van der Waals surface area contributed by atoms with Crippen LogP contribution in [0.2, 0.25) is 0 Å². The molecule has 0 radical (unpaired) electrons. The highest BCUT2D eigenvalue weighted by Crippen LogP contribution is 2.32. The Bertz CT molecular complexity index is 1350.